The summed E-state index contributed by atoms with van der Waals surface area (Å²) in [5.41, 5.74) is 7.61. The van der Waals surface area contributed by atoms with E-state index in [1.165, 1.54) is 6.07 Å². The molecule has 13 heavy (non-hydrogen) atoms. The van der Waals surface area contributed by atoms with E-state index in [9.17, 15) is 10.1 Å². The first-order chi connectivity index (χ1) is 5.95. The number of rotatable bonds is 1. The first kappa shape index (κ1) is 9.98. The van der Waals surface area contributed by atoms with E-state index in [-0.39, 0.29) is 5.69 Å². The lowest BCUT2D eigenvalue weighted by Crippen LogP contribution is -1.98. The van der Waals surface area contributed by atoms with E-state index >= 15 is 0 Å². The van der Waals surface area contributed by atoms with Crippen LogP contribution in [-0.4, -0.2) is 4.92 Å². The summed E-state index contributed by atoms with van der Waals surface area (Å²) in [6.07, 6.45) is 0. The molecule has 0 radical (unpaired) electrons. The van der Waals surface area contributed by atoms with Crippen LogP contribution in [0.1, 0.15) is 11.1 Å². The molecule has 0 aliphatic rings. The van der Waals surface area contributed by atoms with Crippen molar-refractivity contribution in [1.82, 2.24) is 0 Å². The quantitative estimate of drug-likeness (QED) is 0.469. The van der Waals surface area contributed by atoms with E-state index in [0.717, 1.165) is 0 Å². The minimum atomic E-state index is -0.410. The van der Waals surface area contributed by atoms with Crippen LogP contribution in [0.2, 0.25) is 0 Å². The average molecular weight is 245 g/mol. The van der Waals surface area contributed by atoms with Crippen molar-refractivity contribution in [2.75, 3.05) is 5.73 Å². The Kier molecular flexibility index (Phi) is 2.56. The molecule has 0 atom stereocenters. The maximum absolute atomic E-state index is 10.6. The van der Waals surface area contributed by atoms with E-state index in [0.29, 0.717) is 21.3 Å². The van der Waals surface area contributed by atoms with Crippen LogP contribution in [0.4, 0.5) is 11.4 Å². The molecule has 70 valence electrons. The summed E-state index contributed by atoms with van der Waals surface area (Å²) in [5.74, 6) is 0. The Balaban J connectivity index is 3.50. The van der Waals surface area contributed by atoms with E-state index in [1.54, 1.807) is 13.8 Å². The lowest BCUT2D eigenvalue weighted by molar-refractivity contribution is -0.385. The van der Waals surface area contributed by atoms with Crippen LogP contribution in [-0.2, 0) is 0 Å². The summed E-state index contributed by atoms with van der Waals surface area (Å²) in [6.45, 7) is 3.41. The minimum absolute atomic E-state index is 0.0959. The molecule has 0 heterocycles. The Morgan fingerprint density at radius 3 is 2.54 bits per heavy atom. The average Bonchev–Trinajstić information content (AvgIpc) is 2.07. The fourth-order valence-corrected chi connectivity index (χ4v) is 1.58. The fraction of sp³-hybridized carbons (Fsp3) is 0.250. The highest BCUT2D eigenvalue weighted by molar-refractivity contribution is 9.10. The maximum atomic E-state index is 10.6. The highest BCUT2D eigenvalue weighted by Gasteiger charge is 2.16. The number of nitrogens with zero attached hydrogens (tertiary/aromatic N) is 1. The van der Waals surface area contributed by atoms with Gasteiger partial charge in [0.05, 0.1) is 9.40 Å². The van der Waals surface area contributed by atoms with Gasteiger partial charge >= 0.3 is 0 Å². The molecule has 0 saturated heterocycles. The van der Waals surface area contributed by atoms with Gasteiger partial charge < -0.3 is 5.73 Å². The second-order valence-electron chi connectivity index (χ2n) is 2.82. The van der Waals surface area contributed by atoms with Gasteiger partial charge in [0, 0.05) is 17.3 Å². The first-order valence-corrected chi connectivity index (χ1v) is 4.44. The molecule has 0 aliphatic carbocycles. The predicted molar refractivity (Wildman–Crippen MR) is 54.7 cm³/mol. The molecule has 1 rings (SSSR count). The summed E-state index contributed by atoms with van der Waals surface area (Å²) in [5, 5.41) is 10.6. The standard InChI is InChI=1S/C8H9BrN2O2/c1-4-3-6(11(12)13)5(2)7(9)8(4)10/h3H,10H2,1-2H3. The summed E-state index contributed by atoms with van der Waals surface area (Å²) < 4.78 is 0.610. The number of nitro groups is 1. The Morgan fingerprint density at radius 2 is 2.08 bits per heavy atom. The number of nitro benzene ring substituents is 1. The molecule has 0 saturated carbocycles. The van der Waals surface area contributed by atoms with Crippen LogP contribution in [0.15, 0.2) is 10.5 Å². The third-order valence-electron chi connectivity index (χ3n) is 1.92. The van der Waals surface area contributed by atoms with Crippen LogP contribution in [0.5, 0.6) is 0 Å². The molecule has 1 aromatic carbocycles. The Labute approximate surface area is 84.0 Å². The van der Waals surface area contributed by atoms with Gasteiger partial charge in [-0.3, -0.25) is 10.1 Å². The number of anilines is 1. The zero-order valence-corrected chi connectivity index (χ0v) is 8.88. The Bertz CT molecular complexity index is 377. The van der Waals surface area contributed by atoms with Crippen molar-refractivity contribution < 1.29 is 4.92 Å². The molecule has 0 bridgehead atoms. The van der Waals surface area contributed by atoms with Gasteiger partial charge in [0.1, 0.15) is 0 Å². The molecule has 5 heteroatoms. The minimum Gasteiger partial charge on any atom is -0.398 e. The van der Waals surface area contributed by atoms with Crippen molar-refractivity contribution in [3.8, 4) is 0 Å². The molecular formula is C8H9BrN2O2. The number of nitrogen functional groups attached to an aromatic ring is 1. The highest BCUT2D eigenvalue weighted by Crippen LogP contribution is 2.33. The third kappa shape index (κ3) is 1.65. The van der Waals surface area contributed by atoms with Crippen molar-refractivity contribution >= 4 is 27.3 Å². The van der Waals surface area contributed by atoms with Crippen LogP contribution in [0, 0.1) is 24.0 Å². The smallest absolute Gasteiger partial charge is 0.273 e. The number of aryl methyl sites for hydroxylation is 1. The number of benzene rings is 1. The monoisotopic (exact) mass is 244 g/mol. The number of hydrogen-bond donors (Lipinski definition) is 1. The zero-order chi connectivity index (χ0) is 10.2. The summed E-state index contributed by atoms with van der Waals surface area (Å²) >= 11 is 3.22. The Hall–Kier alpha value is -1.10. The van der Waals surface area contributed by atoms with E-state index in [2.05, 4.69) is 15.9 Å². The lowest BCUT2D eigenvalue weighted by atomic mass is 10.1. The highest BCUT2D eigenvalue weighted by atomic mass is 79.9. The third-order valence-corrected chi connectivity index (χ3v) is 2.95. The van der Waals surface area contributed by atoms with Gasteiger partial charge in [0.25, 0.3) is 5.69 Å². The second-order valence-corrected chi connectivity index (χ2v) is 3.62. The molecule has 0 fully saturated rings. The van der Waals surface area contributed by atoms with E-state index in [1.807, 2.05) is 0 Å². The number of nitrogens with two attached hydrogens (primary N) is 1. The van der Waals surface area contributed by atoms with Crippen molar-refractivity contribution in [3.05, 3.63) is 31.8 Å². The van der Waals surface area contributed by atoms with Gasteiger partial charge in [-0.2, -0.15) is 0 Å². The number of halogens is 1. The molecule has 4 nitrogen and oxygen atoms in total. The summed E-state index contributed by atoms with van der Waals surface area (Å²) in [4.78, 5) is 10.2. The van der Waals surface area contributed by atoms with E-state index < -0.39 is 4.92 Å². The maximum Gasteiger partial charge on any atom is 0.273 e. The van der Waals surface area contributed by atoms with Crippen molar-refractivity contribution in [2.45, 2.75) is 13.8 Å². The predicted octanol–water partition coefficient (Wildman–Crippen LogP) is 2.56. The largest absolute Gasteiger partial charge is 0.398 e. The summed E-state index contributed by atoms with van der Waals surface area (Å²) in [6, 6.07) is 1.48. The van der Waals surface area contributed by atoms with Gasteiger partial charge in [-0.1, -0.05) is 0 Å². The molecule has 0 amide bonds. The van der Waals surface area contributed by atoms with Crippen LogP contribution >= 0.6 is 15.9 Å². The van der Waals surface area contributed by atoms with Gasteiger partial charge in [-0.25, -0.2) is 0 Å². The number of hydrogen-bond acceptors (Lipinski definition) is 3. The normalized spacial score (nSPS) is 10.1. The van der Waals surface area contributed by atoms with Crippen molar-refractivity contribution in [1.29, 1.82) is 0 Å². The lowest BCUT2D eigenvalue weighted by Gasteiger charge is -2.06. The molecule has 0 aliphatic heterocycles. The molecule has 0 unspecified atom stereocenters. The second kappa shape index (κ2) is 3.33. The van der Waals surface area contributed by atoms with Crippen LogP contribution in [0.3, 0.4) is 0 Å². The molecule has 0 aromatic heterocycles. The first-order valence-electron chi connectivity index (χ1n) is 3.64. The molecular weight excluding hydrogens is 236 g/mol. The van der Waals surface area contributed by atoms with E-state index in [4.69, 9.17) is 5.73 Å². The molecule has 2 N–H and O–H groups in total. The SMILES string of the molecule is Cc1cc([N+](=O)[O-])c(C)c(Br)c1N. The van der Waals surface area contributed by atoms with Crippen molar-refractivity contribution in [3.63, 3.8) is 0 Å². The van der Waals surface area contributed by atoms with Gasteiger partial charge in [0.2, 0.25) is 0 Å². The van der Waals surface area contributed by atoms with Gasteiger partial charge in [0.15, 0.2) is 0 Å². The Morgan fingerprint density at radius 1 is 1.54 bits per heavy atom. The van der Waals surface area contributed by atoms with Gasteiger partial charge in [-0.05, 0) is 35.3 Å². The van der Waals surface area contributed by atoms with Crippen LogP contribution < -0.4 is 5.73 Å². The van der Waals surface area contributed by atoms with Gasteiger partial charge in [-0.15, -0.1) is 0 Å². The topological polar surface area (TPSA) is 69.2 Å². The van der Waals surface area contributed by atoms with Crippen LogP contribution in [0.25, 0.3) is 0 Å². The molecule has 0 spiro atoms. The zero-order valence-electron chi connectivity index (χ0n) is 7.30. The fourth-order valence-electron chi connectivity index (χ4n) is 1.07. The summed E-state index contributed by atoms with van der Waals surface area (Å²) in [7, 11) is 0. The molecule has 1 aromatic rings. The van der Waals surface area contributed by atoms with Crippen molar-refractivity contribution in [2.24, 2.45) is 0 Å².